The molecular formula is C16H9Cl4N3O. The molecule has 2 rings (SSSR count). The number of nitrogens with zero attached hydrogens (tertiary/aromatic N) is 1. The quantitative estimate of drug-likeness (QED) is 0.506. The average molecular weight is 401 g/mol. The molecular weight excluding hydrogens is 392 g/mol. The minimum atomic E-state index is -0.637. The Morgan fingerprint density at radius 2 is 1.67 bits per heavy atom. The zero-order valence-corrected chi connectivity index (χ0v) is 14.9. The van der Waals surface area contributed by atoms with Gasteiger partial charge in [-0.05, 0) is 36.4 Å². The monoisotopic (exact) mass is 399 g/mol. The number of carbonyl (C=O) groups is 1. The number of rotatable bonds is 4. The minimum Gasteiger partial charge on any atom is -0.360 e. The number of nitriles is 1. The summed E-state index contributed by atoms with van der Waals surface area (Å²) in [6.07, 6.45) is 1.25. The van der Waals surface area contributed by atoms with E-state index in [0.29, 0.717) is 31.5 Å². The second kappa shape index (κ2) is 8.27. The lowest BCUT2D eigenvalue weighted by molar-refractivity contribution is -0.112. The van der Waals surface area contributed by atoms with Gasteiger partial charge in [-0.15, -0.1) is 0 Å². The van der Waals surface area contributed by atoms with Crippen molar-refractivity contribution in [3.05, 3.63) is 68.3 Å². The van der Waals surface area contributed by atoms with Crippen molar-refractivity contribution < 1.29 is 4.79 Å². The number of nitrogens with one attached hydrogen (secondary N) is 2. The van der Waals surface area contributed by atoms with Gasteiger partial charge in [0.2, 0.25) is 0 Å². The van der Waals surface area contributed by atoms with E-state index in [2.05, 4.69) is 10.6 Å². The predicted octanol–water partition coefficient (Wildman–Crippen LogP) is 5.76. The van der Waals surface area contributed by atoms with Crippen LogP contribution < -0.4 is 10.6 Å². The van der Waals surface area contributed by atoms with Gasteiger partial charge in [0.25, 0.3) is 5.91 Å². The van der Waals surface area contributed by atoms with Crippen molar-refractivity contribution in [1.82, 2.24) is 0 Å². The number of amides is 1. The molecule has 122 valence electrons. The predicted molar refractivity (Wildman–Crippen MR) is 98.9 cm³/mol. The molecule has 2 aromatic carbocycles. The maximum atomic E-state index is 12.2. The summed E-state index contributed by atoms with van der Waals surface area (Å²) in [6, 6.07) is 11.2. The first-order valence-corrected chi connectivity index (χ1v) is 7.99. The minimum absolute atomic E-state index is 0.165. The van der Waals surface area contributed by atoms with Crippen molar-refractivity contribution in [2.24, 2.45) is 0 Å². The molecule has 2 N–H and O–H groups in total. The Morgan fingerprint density at radius 3 is 2.29 bits per heavy atom. The summed E-state index contributed by atoms with van der Waals surface area (Å²) in [6.45, 7) is 0. The molecule has 0 saturated heterocycles. The number of halogens is 4. The third-order valence-corrected chi connectivity index (χ3v) is 3.79. The molecule has 0 saturated carbocycles. The van der Waals surface area contributed by atoms with E-state index in [1.807, 2.05) is 0 Å². The number of anilines is 2. The molecule has 0 bridgehead atoms. The van der Waals surface area contributed by atoms with Crippen LogP contribution in [0.4, 0.5) is 11.4 Å². The smallest absolute Gasteiger partial charge is 0.267 e. The summed E-state index contributed by atoms with van der Waals surface area (Å²) in [4.78, 5) is 12.2. The fraction of sp³-hybridized carbons (Fsp3) is 0. The van der Waals surface area contributed by atoms with Crippen LogP contribution in [0.25, 0.3) is 0 Å². The van der Waals surface area contributed by atoms with E-state index >= 15 is 0 Å². The van der Waals surface area contributed by atoms with E-state index in [1.165, 1.54) is 12.3 Å². The third-order valence-electron chi connectivity index (χ3n) is 2.79. The maximum absolute atomic E-state index is 12.2. The Labute approximate surface area is 158 Å². The van der Waals surface area contributed by atoms with Crippen molar-refractivity contribution in [3.63, 3.8) is 0 Å². The van der Waals surface area contributed by atoms with Crippen molar-refractivity contribution in [2.75, 3.05) is 10.6 Å². The van der Waals surface area contributed by atoms with Gasteiger partial charge >= 0.3 is 0 Å². The van der Waals surface area contributed by atoms with E-state index in [9.17, 15) is 4.79 Å². The maximum Gasteiger partial charge on any atom is 0.267 e. The van der Waals surface area contributed by atoms with Crippen molar-refractivity contribution in [1.29, 1.82) is 5.26 Å². The van der Waals surface area contributed by atoms with Crippen LogP contribution in [0.1, 0.15) is 0 Å². The van der Waals surface area contributed by atoms with Gasteiger partial charge in [0.1, 0.15) is 11.6 Å². The highest BCUT2D eigenvalue weighted by molar-refractivity contribution is 6.36. The highest BCUT2D eigenvalue weighted by atomic mass is 35.5. The number of carbonyl (C=O) groups excluding carboxylic acids is 1. The fourth-order valence-corrected chi connectivity index (χ4v) is 2.59. The summed E-state index contributed by atoms with van der Waals surface area (Å²) in [7, 11) is 0. The van der Waals surface area contributed by atoms with Crippen molar-refractivity contribution in [3.8, 4) is 6.07 Å². The van der Waals surface area contributed by atoms with Gasteiger partial charge < -0.3 is 10.6 Å². The summed E-state index contributed by atoms with van der Waals surface area (Å²) < 4.78 is 0. The summed E-state index contributed by atoms with van der Waals surface area (Å²) in [5.41, 5.74) is 0.678. The Balaban J connectivity index is 2.16. The van der Waals surface area contributed by atoms with Crippen LogP contribution in [0.2, 0.25) is 20.1 Å². The molecule has 0 fully saturated rings. The van der Waals surface area contributed by atoms with E-state index < -0.39 is 5.91 Å². The lowest BCUT2D eigenvalue weighted by atomic mass is 10.2. The van der Waals surface area contributed by atoms with E-state index in [-0.39, 0.29) is 5.57 Å². The summed E-state index contributed by atoms with van der Waals surface area (Å²) in [5, 5.41) is 16.0. The summed E-state index contributed by atoms with van der Waals surface area (Å²) >= 11 is 23.6. The van der Waals surface area contributed by atoms with Crippen LogP contribution in [0.5, 0.6) is 0 Å². The number of hydrogen-bond acceptors (Lipinski definition) is 3. The van der Waals surface area contributed by atoms with Gasteiger partial charge in [0, 0.05) is 27.0 Å². The SMILES string of the molecule is N#C/C(=C/Nc1cc(Cl)cc(Cl)c1)C(=O)Nc1cc(Cl)ccc1Cl. The van der Waals surface area contributed by atoms with Crippen molar-refractivity contribution >= 4 is 63.7 Å². The molecule has 0 aliphatic rings. The fourth-order valence-electron chi connectivity index (χ4n) is 1.72. The first-order chi connectivity index (χ1) is 11.4. The largest absolute Gasteiger partial charge is 0.360 e. The average Bonchev–Trinajstić information content (AvgIpc) is 2.50. The third kappa shape index (κ3) is 5.05. The zero-order chi connectivity index (χ0) is 17.7. The molecule has 4 nitrogen and oxygen atoms in total. The normalized spacial score (nSPS) is 10.9. The van der Waals surface area contributed by atoms with Gasteiger partial charge in [-0.1, -0.05) is 46.4 Å². The molecule has 1 amide bonds. The standard InChI is InChI=1S/C16H9Cl4N3O/c17-10-1-2-14(20)15(6-10)23-16(24)9(7-21)8-22-13-4-11(18)3-12(19)5-13/h1-6,8,22H,(H,23,24)/b9-8-. The summed E-state index contributed by atoms with van der Waals surface area (Å²) in [5.74, 6) is -0.637. The number of benzene rings is 2. The Bertz CT molecular complexity index is 839. The zero-order valence-electron chi connectivity index (χ0n) is 11.9. The Morgan fingerprint density at radius 1 is 1.00 bits per heavy atom. The lowest BCUT2D eigenvalue weighted by Crippen LogP contribution is -2.14. The van der Waals surface area contributed by atoms with Crippen molar-refractivity contribution in [2.45, 2.75) is 0 Å². The van der Waals surface area contributed by atoms with Gasteiger partial charge in [0.05, 0.1) is 10.7 Å². The Hall–Kier alpha value is -1.90. The molecule has 0 aliphatic heterocycles. The van der Waals surface area contributed by atoms with Gasteiger partial charge in [0.15, 0.2) is 0 Å². The molecule has 0 radical (unpaired) electrons. The van der Waals surface area contributed by atoms with Crippen LogP contribution >= 0.6 is 46.4 Å². The molecule has 8 heteroatoms. The first-order valence-electron chi connectivity index (χ1n) is 6.48. The van der Waals surface area contributed by atoms with Gasteiger partial charge in [-0.25, -0.2) is 0 Å². The Kier molecular flexibility index (Phi) is 6.36. The van der Waals surface area contributed by atoms with Crippen LogP contribution in [-0.2, 0) is 4.79 Å². The van der Waals surface area contributed by atoms with Gasteiger partial charge in [-0.2, -0.15) is 5.26 Å². The highest BCUT2D eigenvalue weighted by Gasteiger charge is 2.12. The van der Waals surface area contributed by atoms with Crippen LogP contribution in [0.15, 0.2) is 48.2 Å². The number of hydrogen-bond donors (Lipinski definition) is 2. The molecule has 0 spiro atoms. The lowest BCUT2D eigenvalue weighted by Gasteiger charge is -2.08. The molecule has 0 aromatic heterocycles. The molecule has 2 aromatic rings. The topological polar surface area (TPSA) is 64.9 Å². The van der Waals surface area contributed by atoms with E-state index in [4.69, 9.17) is 51.7 Å². The van der Waals surface area contributed by atoms with Gasteiger partial charge in [-0.3, -0.25) is 4.79 Å². The first kappa shape index (κ1) is 18.4. The molecule has 0 aliphatic carbocycles. The van der Waals surface area contributed by atoms with Crippen LogP contribution in [0.3, 0.4) is 0 Å². The molecule has 24 heavy (non-hydrogen) atoms. The van der Waals surface area contributed by atoms with E-state index in [1.54, 1.807) is 36.4 Å². The molecule has 0 heterocycles. The van der Waals surface area contributed by atoms with E-state index in [0.717, 1.165) is 0 Å². The second-order valence-electron chi connectivity index (χ2n) is 4.55. The highest BCUT2D eigenvalue weighted by Crippen LogP contribution is 2.26. The van der Waals surface area contributed by atoms with Crippen LogP contribution in [0, 0.1) is 11.3 Å². The second-order valence-corrected chi connectivity index (χ2v) is 6.27. The van der Waals surface area contributed by atoms with Crippen LogP contribution in [-0.4, -0.2) is 5.91 Å². The molecule has 0 atom stereocenters. The molecule has 0 unspecified atom stereocenters.